The molecule has 2 unspecified atom stereocenters. The molecule has 3 aromatic carbocycles. The Balaban J connectivity index is 1.56. The third kappa shape index (κ3) is 10.4. The van der Waals surface area contributed by atoms with E-state index in [2.05, 4.69) is 121 Å². The van der Waals surface area contributed by atoms with Gasteiger partial charge in [0.2, 0.25) is 0 Å². The van der Waals surface area contributed by atoms with Gasteiger partial charge in [-0.3, -0.25) is 0 Å². The first kappa shape index (κ1) is 39.5. The molecule has 1 heterocycles. The lowest BCUT2D eigenvalue weighted by atomic mass is 9.79. The van der Waals surface area contributed by atoms with Gasteiger partial charge in [-0.1, -0.05) is 101 Å². The Kier molecular flexibility index (Phi) is 11.6. The van der Waals surface area contributed by atoms with Gasteiger partial charge in [-0.05, 0) is 65.8 Å². The van der Waals surface area contributed by atoms with Crippen molar-refractivity contribution in [3.63, 3.8) is 0 Å². The predicted molar refractivity (Wildman–Crippen MR) is 207 cm³/mol. The van der Waals surface area contributed by atoms with Gasteiger partial charge in [0.05, 0.1) is 17.3 Å². The van der Waals surface area contributed by atoms with Crippen LogP contribution in [0, 0.1) is 0 Å². The first-order chi connectivity index (χ1) is 22.4. The lowest BCUT2D eigenvalue weighted by Gasteiger charge is -2.32. The van der Waals surface area contributed by atoms with E-state index in [-0.39, 0.29) is 43.7 Å². The summed E-state index contributed by atoms with van der Waals surface area (Å²) < 4.78 is 18.3. The number of phenolic OH excluding ortho intramolecular Hbond substituents is 2. The molecule has 4 rings (SSSR count). The van der Waals surface area contributed by atoms with Crippen molar-refractivity contribution in [1.29, 1.82) is 0 Å². The summed E-state index contributed by atoms with van der Waals surface area (Å²) >= 11 is 3.72. The second-order valence-electron chi connectivity index (χ2n) is 18.0. The van der Waals surface area contributed by atoms with E-state index in [0.29, 0.717) is 25.6 Å². The summed E-state index contributed by atoms with van der Waals surface area (Å²) in [5.41, 5.74) is 4.47. The number of ether oxygens (including phenoxy) is 3. The van der Waals surface area contributed by atoms with Crippen LogP contribution < -0.4 is 4.74 Å². The summed E-state index contributed by atoms with van der Waals surface area (Å²) in [7, 11) is 0. The summed E-state index contributed by atoms with van der Waals surface area (Å²) in [6.07, 6.45) is -0.0529. The van der Waals surface area contributed by atoms with Gasteiger partial charge in [0.25, 0.3) is 0 Å². The molecule has 2 atom stereocenters. The maximum Gasteiger partial charge on any atom is 0.126 e. The van der Waals surface area contributed by atoms with Crippen LogP contribution in [0.5, 0.6) is 17.2 Å². The molecule has 0 saturated carbocycles. The average Bonchev–Trinajstić information content (AvgIpc) is 3.69. The minimum Gasteiger partial charge on any atom is -0.508 e. The quantitative estimate of drug-likeness (QED) is 0.117. The highest BCUT2D eigenvalue weighted by molar-refractivity contribution is 8.18. The number of rotatable bonds is 11. The number of para-hydroxylation sites is 1. The van der Waals surface area contributed by atoms with Crippen LogP contribution in [0.3, 0.4) is 0 Å². The fourth-order valence-corrected chi connectivity index (χ4v) is 8.47. The Hall–Kier alpha value is -2.32. The molecular weight excluding hydrogens is 649 g/mol. The normalized spacial score (nSPS) is 17.3. The van der Waals surface area contributed by atoms with Crippen LogP contribution in [0.4, 0.5) is 0 Å². The third-order valence-electron chi connectivity index (χ3n) is 8.72. The van der Waals surface area contributed by atoms with Gasteiger partial charge in [0.1, 0.15) is 36.1 Å². The van der Waals surface area contributed by atoms with Crippen LogP contribution in [-0.2, 0) is 37.7 Å². The molecule has 7 heteroatoms. The van der Waals surface area contributed by atoms with E-state index >= 15 is 0 Å². The van der Waals surface area contributed by atoms with Crippen LogP contribution in [0.25, 0.3) is 0 Å². The Morgan fingerprint density at radius 2 is 1.04 bits per heavy atom. The fraction of sp³-hybridized carbons (Fsp3) is 0.571. The highest BCUT2D eigenvalue weighted by Crippen LogP contribution is 2.51. The van der Waals surface area contributed by atoms with Crippen molar-refractivity contribution < 1.29 is 24.4 Å². The van der Waals surface area contributed by atoms with Crippen molar-refractivity contribution in [2.75, 3.05) is 13.2 Å². The topological polar surface area (TPSA) is 71.5 Å². The maximum absolute atomic E-state index is 11.3. The van der Waals surface area contributed by atoms with Crippen molar-refractivity contribution in [3.8, 4) is 17.2 Å². The van der Waals surface area contributed by atoms with E-state index in [1.165, 1.54) is 20.9 Å². The first-order valence-electron chi connectivity index (χ1n) is 17.4. The Labute approximate surface area is 304 Å². The first-order valence-corrected chi connectivity index (χ1v) is 19.1. The average molecular weight is 709 g/mol. The predicted octanol–water partition coefficient (Wildman–Crippen LogP) is 11.3. The summed E-state index contributed by atoms with van der Waals surface area (Å²) in [6.45, 7) is 32.3. The molecule has 2 N–H and O–H groups in total. The molecule has 3 aromatic rings. The third-order valence-corrected chi connectivity index (χ3v) is 11.1. The van der Waals surface area contributed by atoms with E-state index in [1.54, 1.807) is 12.1 Å². The Bertz CT molecular complexity index is 1550. The zero-order chi connectivity index (χ0) is 36.7. The molecule has 5 nitrogen and oxygen atoms in total. The van der Waals surface area contributed by atoms with Crippen LogP contribution in [-0.4, -0.2) is 39.7 Å². The zero-order valence-electron chi connectivity index (χ0n) is 32.3. The lowest BCUT2D eigenvalue weighted by molar-refractivity contribution is 0.102. The number of benzene rings is 3. The number of epoxide rings is 1. The van der Waals surface area contributed by atoms with Gasteiger partial charge in [-0.15, -0.1) is 23.5 Å². The number of hydrogen-bond acceptors (Lipinski definition) is 7. The molecule has 0 aromatic heterocycles. The molecule has 0 aliphatic carbocycles. The molecule has 1 aliphatic rings. The number of phenols is 2. The minimum atomic E-state index is -0.195. The van der Waals surface area contributed by atoms with Crippen LogP contribution in [0.15, 0.2) is 58.3 Å². The van der Waals surface area contributed by atoms with Gasteiger partial charge in [-0.2, -0.15) is 0 Å². The summed E-state index contributed by atoms with van der Waals surface area (Å²) in [5, 5.41) is 21.3. The highest BCUT2D eigenvalue weighted by atomic mass is 32.2. The van der Waals surface area contributed by atoms with Gasteiger partial charge >= 0.3 is 0 Å². The molecule has 270 valence electrons. The van der Waals surface area contributed by atoms with Crippen LogP contribution >= 0.6 is 23.5 Å². The number of thioether (sulfide) groups is 2. The molecule has 0 bridgehead atoms. The molecule has 1 aliphatic heterocycles. The van der Waals surface area contributed by atoms with Gasteiger partial charge < -0.3 is 24.4 Å². The maximum atomic E-state index is 11.3. The Morgan fingerprint density at radius 1 is 0.612 bits per heavy atom. The number of hydrogen-bond donors (Lipinski definition) is 2. The van der Waals surface area contributed by atoms with Crippen molar-refractivity contribution >= 4 is 23.5 Å². The summed E-state index contributed by atoms with van der Waals surface area (Å²) in [4.78, 5) is 2.38. The second-order valence-corrected chi connectivity index (χ2v) is 21.6. The van der Waals surface area contributed by atoms with E-state index in [1.807, 2.05) is 35.7 Å². The lowest BCUT2D eigenvalue weighted by Crippen LogP contribution is -2.22. The van der Waals surface area contributed by atoms with Crippen molar-refractivity contribution in [2.45, 2.75) is 151 Å². The fourth-order valence-electron chi connectivity index (χ4n) is 5.89. The van der Waals surface area contributed by atoms with E-state index in [9.17, 15) is 10.2 Å². The summed E-state index contributed by atoms with van der Waals surface area (Å²) in [5.74, 6) is 1.61. The van der Waals surface area contributed by atoms with Crippen LogP contribution in [0.2, 0.25) is 0 Å². The standard InChI is InChI=1S/C42H60O5S2/c1-38(2,3)29-19-27(20-30(36(29)44)39(4,5)6)48-42(13,14)49-28-21-31(40(7,8)9)37(32(22-28)41(10,11)12)46-25-35-34(47-35)24-45-23-26-17-15-16-18-33(26)43/h15-22,34-35,43-44H,23-25H2,1-14H3. The molecular formula is C42H60O5S2. The summed E-state index contributed by atoms with van der Waals surface area (Å²) in [6, 6.07) is 16.2. The van der Waals surface area contributed by atoms with Crippen molar-refractivity contribution in [2.24, 2.45) is 0 Å². The van der Waals surface area contributed by atoms with E-state index < -0.39 is 0 Å². The van der Waals surface area contributed by atoms with Crippen molar-refractivity contribution in [3.05, 3.63) is 76.3 Å². The number of aromatic hydroxyl groups is 2. The molecule has 0 radical (unpaired) electrons. The van der Waals surface area contributed by atoms with Gasteiger partial charge in [0.15, 0.2) is 0 Å². The smallest absolute Gasteiger partial charge is 0.126 e. The zero-order valence-corrected chi connectivity index (χ0v) is 34.0. The van der Waals surface area contributed by atoms with Crippen LogP contribution in [0.1, 0.15) is 125 Å². The van der Waals surface area contributed by atoms with Gasteiger partial charge in [-0.25, -0.2) is 0 Å². The SMILES string of the molecule is CC(C)(Sc1cc(C(C)(C)C)c(O)c(C(C)(C)C)c1)Sc1cc(C(C)(C)C)c(OCC2OC2COCc2ccccc2O)c(C(C)(C)C)c1. The highest BCUT2D eigenvalue weighted by Gasteiger charge is 2.41. The van der Waals surface area contributed by atoms with E-state index in [4.69, 9.17) is 14.2 Å². The molecule has 0 spiro atoms. The molecule has 1 fully saturated rings. The molecule has 0 amide bonds. The minimum absolute atomic E-state index is 0.0211. The van der Waals surface area contributed by atoms with Crippen molar-refractivity contribution in [1.82, 2.24) is 0 Å². The Morgan fingerprint density at radius 3 is 1.49 bits per heavy atom. The second kappa shape index (κ2) is 14.4. The van der Waals surface area contributed by atoms with Gasteiger partial charge in [0, 0.05) is 37.6 Å². The monoisotopic (exact) mass is 708 g/mol. The van der Waals surface area contributed by atoms with E-state index in [0.717, 1.165) is 22.4 Å². The largest absolute Gasteiger partial charge is 0.508 e. The molecule has 49 heavy (non-hydrogen) atoms. The molecule has 1 saturated heterocycles.